The number of fused-ring (bicyclic) bond motifs is 1. The minimum absolute atomic E-state index is 0.149. The van der Waals surface area contributed by atoms with Crippen molar-refractivity contribution in [1.82, 2.24) is 4.37 Å². The topological polar surface area (TPSA) is 88.5 Å². The average molecular weight is 559 g/mol. The van der Waals surface area contributed by atoms with Crippen LogP contribution in [0.15, 0.2) is 36.4 Å². The number of carbonyl (C=O) groups excluding carboxylic acids is 1. The monoisotopic (exact) mass is 558 g/mol. The van der Waals surface area contributed by atoms with E-state index >= 15 is 0 Å². The zero-order chi connectivity index (χ0) is 25.9. The highest BCUT2D eigenvalue weighted by Gasteiger charge is 2.53. The lowest BCUT2D eigenvalue weighted by molar-refractivity contribution is -0.140. The van der Waals surface area contributed by atoms with Crippen LogP contribution in [0.1, 0.15) is 51.6 Å². The van der Waals surface area contributed by atoms with Gasteiger partial charge in [-0.2, -0.15) is 4.37 Å². The number of benzene rings is 1. The summed E-state index contributed by atoms with van der Waals surface area (Å²) in [4.78, 5) is 24.2. The Morgan fingerprint density at radius 3 is 2.58 bits per heavy atom. The normalized spacial score (nSPS) is 14.1. The lowest BCUT2D eigenvalue weighted by Crippen LogP contribution is -2.17. The predicted molar refractivity (Wildman–Crippen MR) is 148 cm³/mol. The van der Waals surface area contributed by atoms with Crippen molar-refractivity contribution in [1.29, 1.82) is 0 Å². The number of hydrogen-bond acceptors (Lipinski definition) is 8. The molecule has 5 rings (SSSR count). The molecule has 1 aliphatic rings. The van der Waals surface area contributed by atoms with Crippen LogP contribution in [0.4, 0.5) is 5.69 Å². The van der Waals surface area contributed by atoms with Gasteiger partial charge in [0.05, 0.1) is 4.88 Å². The van der Waals surface area contributed by atoms with Crippen LogP contribution >= 0.6 is 45.8 Å². The maximum Gasteiger partial charge on any atom is 0.314 e. The van der Waals surface area contributed by atoms with Crippen LogP contribution in [-0.2, 0) is 19.7 Å². The van der Waals surface area contributed by atoms with E-state index in [2.05, 4.69) is 21.5 Å². The van der Waals surface area contributed by atoms with E-state index in [1.165, 1.54) is 11.5 Å². The Bertz CT molecular complexity index is 1440. The molecule has 0 amide bonds. The fourth-order valence-corrected chi connectivity index (χ4v) is 7.20. The Hall–Kier alpha value is -2.90. The molecule has 3 aromatic heterocycles. The van der Waals surface area contributed by atoms with Gasteiger partial charge in [0.25, 0.3) is 6.47 Å². The molecule has 1 atom stereocenters. The molecule has 1 aromatic carbocycles. The van der Waals surface area contributed by atoms with Crippen LogP contribution in [0, 0.1) is 18.8 Å². The summed E-state index contributed by atoms with van der Waals surface area (Å²) in [6.07, 6.45) is 1.33. The fourth-order valence-electron chi connectivity index (χ4n) is 3.71. The number of carboxylic acids is 1. The quantitative estimate of drug-likeness (QED) is 0.198. The van der Waals surface area contributed by atoms with E-state index < -0.39 is 11.4 Å². The van der Waals surface area contributed by atoms with Gasteiger partial charge >= 0.3 is 5.97 Å². The van der Waals surface area contributed by atoms with Crippen molar-refractivity contribution < 1.29 is 19.4 Å². The van der Waals surface area contributed by atoms with Crippen LogP contribution in [-0.4, -0.2) is 29.0 Å². The number of aliphatic carboxylic acids is 1. The Labute approximate surface area is 226 Å². The lowest BCUT2D eigenvalue weighted by atomic mass is 10.1. The average Bonchev–Trinajstić information content (AvgIpc) is 3.27. The number of ether oxygens (including phenoxy) is 1. The number of aromatic nitrogens is 1. The summed E-state index contributed by atoms with van der Waals surface area (Å²) in [5.41, 5.74) is 2.33. The number of thiophene rings is 2. The minimum Gasteiger partial charge on any atom is -0.481 e. The molecule has 0 bridgehead atoms. The van der Waals surface area contributed by atoms with Crippen LogP contribution in [0.3, 0.4) is 0 Å². The second-order valence-electron chi connectivity index (χ2n) is 8.25. The zero-order valence-electron chi connectivity index (χ0n) is 19.8. The zero-order valence-corrected chi connectivity index (χ0v) is 23.0. The molecule has 10 heteroatoms. The second kappa shape index (κ2) is 11.0. The number of halogens is 1. The fraction of sp³-hybridized carbons (Fsp3) is 0.269. The van der Waals surface area contributed by atoms with Crippen molar-refractivity contribution in [3.05, 3.63) is 67.3 Å². The molecule has 4 aromatic rings. The molecule has 3 heterocycles. The van der Waals surface area contributed by atoms with Crippen LogP contribution < -0.4 is 5.32 Å². The first kappa shape index (κ1) is 26.2. The highest BCUT2D eigenvalue weighted by Crippen LogP contribution is 2.52. The summed E-state index contributed by atoms with van der Waals surface area (Å²) < 4.78 is 11.1. The summed E-state index contributed by atoms with van der Waals surface area (Å²) in [5, 5.41) is 12.8. The third-order valence-electron chi connectivity index (χ3n) is 5.92. The standard InChI is InChI=1S/C16H11ClN2O2S3.C10H12O2/c1-18-13-9(24-19-14(13)17)3-2-8-6-10-11(22-8)7-12(23-10)16(4-5-16)15(20)21;1-8-5-3-4-6-10(8)9(2)12-7-11/h6-7,18H,4-5H2,1H3,(H,20,21);3-7,9H,1-2H3. The first-order valence-electron chi connectivity index (χ1n) is 11.1. The van der Waals surface area contributed by atoms with E-state index in [1.807, 2.05) is 50.2 Å². The van der Waals surface area contributed by atoms with Gasteiger partial charge in [0.2, 0.25) is 0 Å². The maximum absolute atomic E-state index is 11.4. The summed E-state index contributed by atoms with van der Waals surface area (Å²) in [6, 6.07) is 11.9. The summed E-state index contributed by atoms with van der Waals surface area (Å²) in [6.45, 7) is 4.34. The Kier molecular flexibility index (Phi) is 8.00. The number of anilines is 1. The number of rotatable bonds is 6. The van der Waals surface area contributed by atoms with Crippen LogP contribution in [0.25, 0.3) is 9.40 Å². The van der Waals surface area contributed by atoms with Crippen molar-refractivity contribution in [2.24, 2.45) is 0 Å². The molecule has 36 heavy (non-hydrogen) atoms. The Morgan fingerprint density at radius 2 is 1.97 bits per heavy atom. The third-order valence-corrected chi connectivity index (χ3v) is 9.47. The van der Waals surface area contributed by atoms with Gasteiger partial charge in [-0.05, 0) is 73.3 Å². The van der Waals surface area contributed by atoms with E-state index in [0.717, 1.165) is 53.7 Å². The van der Waals surface area contributed by atoms with Gasteiger partial charge in [-0.25, -0.2) is 0 Å². The Balaban J connectivity index is 0.000000214. The smallest absolute Gasteiger partial charge is 0.314 e. The molecule has 1 aliphatic carbocycles. The van der Waals surface area contributed by atoms with Crippen molar-refractivity contribution in [3.8, 4) is 11.8 Å². The lowest BCUT2D eigenvalue weighted by Gasteiger charge is -2.11. The minimum atomic E-state index is -0.710. The van der Waals surface area contributed by atoms with E-state index in [9.17, 15) is 14.7 Å². The van der Waals surface area contributed by atoms with Crippen molar-refractivity contribution in [2.75, 3.05) is 12.4 Å². The van der Waals surface area contributed by atoms with Crippen LogP contribution in [0.5, 0.6) is 0 Å². The SMILES string of the molecule is CNc1c(Cl)nsc1C#Cc1cc2sc(C3(C(=O)O)CC3)cc2s1.Cc1ccccc1C(C)OC=O. The molecule has 0 saturated heterocycles. The summed E-state index contributed by atoms with van der Waals surface area (Å²) in [7, 11) is 1.79. The van der Waals surface area contributed by atoms with E-state index in [0.29, 0.717) is 11.6 Å². The highest BCUT2D eigenvalue weighted by molar-refractivity contribution is 7.28. The van der Waals surface area contributed by atoms with Gasteiger partial charge < -0.3 is 15.2 Å². The van der Waals surface area contributed by atoms with Crippen molar-refractivity contribution in [3.63, 3.8) is 0 Å². The van der Waals surface area contributed by atoms with Crippen molar-refractivity contribution >= 4 is 73.3 Å². The molecule has 1 unspecified atom stereocenters. The van der Waals surface area contributed by atoms with Gasteiger partial charge in [0.1, 0.15) is 22.1 Å². The van der Waals surface area contributed by atoms with E-state index in [1.54, 1.807) is 29.7 Å². The number of nitrogens with zero attached hydrogens (tertiary/aromatic N) is 1. The maximum atomic E-state index is 11.4. The largest absolute Gasteiger partial charge is 0.481 e. The predicted octanol–water partition coefficient (Wildman–Crippen LogP) is 6.86. The number of aryl methyl sites for hydroxylation is 1. The molecule has 6 nitrogen and oxygen atoms in total. The molecule has 0 spiro atoms. The van der Waals surface area contributed by atoms with Crippen LogP contribution in [0.2, 0.25) is 5.15 Å². The number of nitrogens with one attached hydrogen (secondary N) is 1. The van der Waals surface area contributed by atoms with Gasteiger partial charge in [0.15, 0.2) is 5.15 Å². The van der Waals surface area contributed by atoms with Gasteiger partial charge in [0, 0.05) is 21.3 Å². The molecular formula is C26H23ClN2O4S3. The number of hydrogen-bond donors (Lipinski definition) is 2. The van der Waals surface area contributed by atoms with Gasteiger partial charge in [-0.3, -0.25) is 9.59 Å². The second-order valence-corrected chi connectivity index (χ2v) is 11.5. The molecule has 2 N–H and O–H groups in total. The van der Waals surface area contributed by atoms with Gasteiger partial charge in [-0.1, -0.05) is 35.9 Å². The molecule has 0 radical (unpaired) electrons. The molecular weight excluding hydrogens is 536 g/mol. The van der Waals surface area contributed by atoms with Gasteiger partial charge in [-0.15, -0.1) is 22.7 Å². The molecule has 1 fully saturated rings. The number of carboxylic acid groups (broad SMARTS) is 1. The van der Waals surface area contributed by atoms with E-state index in [-0.39, 0.29) is 6.10 Å². The van der Waals surface area contributed by atoms with E-state index in [4.69, 9.17) is 16.3 Å². The first-order chi connectivity index (χ1) is 17.3. The summed E-state index contributed by atoms with van der Waals surface area (Å²) in [5.74, 6) is 5.55. The summed E-state index contributed by atoms with van der Waals surface area (Å²) >= 11 is 10.4. The molecule has 186 valence electrons. The molecule has 1 saturated carbocycles. The first-order valence-corrected chi connectivity index (χ1v) is 13.8. The number of carbonyl (C=O) groups is 2. The molecule has 0 aliphatic heterocycles. The highest BCUT2D eigenvalue weighted by atomic mass is 35.5. The van der Waals surface area contributed by atoms with Crippen molar-refractivity contribution in [2.45, 2.75) is 38.2 Å². The Morgan fingerprint density at radius 1 is 1.25 bits per heavy atom. The third kappa shape index (κ3) is 5.42.